The first-order valence-corrected chi connectivity index (χ1v) is 8.10. The Morgan fingerprint density at radius 1 is 1.00 bits per heavy atom. The van der Waals surface area contributed by atoms with Crippen LogP contribution in [-0.4, -0.2) is 6.61 Å². The molecule has 1 aromatic carbocycles. The highest BCUT2D eigenvalue weighted by Gasteiger charge is 2.13. The lowest BCUT2D eigenvalue weighted by atomic mass is 9.90. The Balaban J connectivity index is 1.71. The van der Waals surface area contributed by atoms with Crippen molar-refractivity contribution < 1.29 is 4.74 Å². The summed E-state index contributed by atoms with van der Waals surface area (Å²) >= 11 is 0. The van der Waals surface area contributed by atoms with Gasteiger partial charge in [0, 0.05) is 0 Å². The quantitative estimate of drug-likeness (QED) is 0.598. The van der Waals surface area contributed by atoms with Crippen molar-refractivity contribution in [1.29, 1.82) is 0 Å². The lowest BCUT2D eigenvalue weighted by molar-refractivity contribution is 0.209. The third-order valence-corrected chi connectivity index (χ3v) is 4.20. The van der Waals surface area contributed by atoms with Gasteiger partial charge < -0.3 is 4.74 Å². The van der Waals surface area contributed by atoms with Crippen LogP contribution >= 0.6 is 0 Å². The minimum atomic E-state index is 0.790. The van der Waals surface area contributed by atoms with Gasteiger partial charge in [0.15, 0.2) is 0 Å². The molecule has 0 unspecified atom stereocenters. The summed E-state index contributed by atoms with van der Waals surface area (Å²) in [5.41, 5.74) is 1.44. The topological polar surface area (TPSA) is 9.23 Å². The number of hydrogen-bond acceptors (Lipinski definition) is 1. The molecule has 0 bridgehead atoms. The standard InChI is InChI=1S/C18H28O/c1-2-3-5-8-16-11-13-18(14-12-16)19-15-17-9-6-4-7-10-17/h11-14,17H,2-10,15H2,1H3. The first kappa shape index (κ1) is 14.4. The molecule has 1 nitrogen and oxygen atoms in total. The van der Waals surface area contributed by atoms with Crippen molar-refractivity contribution in [3.8, 4) is 5.75 Å². The van der Waals surface area contributed by atoms with Crippen molar-refractivity contribution >= 4 is 0 Å². The van der Waals surface area contributed by atoms with Crippen LogP contribution in [0.15, 0.2) is 24.3 Å². The minimum absolute atomic E-state index is 0.790. The van der Waals surface area contributed by atoms with Gasteiger partial charge in [0.05, 0.1) is 6.61 Å². The minimum Gasteiger partial charge on any atom is -0.493 e. The fraction of sp³-hybridized carbons (Fsp3) is 0.667. The van der Waals surface area contributed by atoms with Crippen LogP contribution in [0, 0.1) is 5.92 Å². The summed E-state index contributed by atoms with van der Waals surface area (Å²) in [4.78, 5) is 0. The zero-order valence-electron chi connectivity index (χ0n) is 12.4. The molecule has 0 aliphatic heterocycles. The van der Waals surface area contributed by atoms with Crippen LogP contribution < -0.4 is 4.74 Å². The Kier molecular flexibility index (Phi) is 6.26. The van der Waals surface area contributed by atoms with Gasteiger partial charge in [-0.2, -0.15) is 0 Å². The molecule has 2 rings (SSSR count). The summed E-state index contributed by atoms with van der Waals surface area (Å²) in [6.07, 6.45) is 12.1. The predicted octanol–water partition coefficient (Wildman–Crippen LogP) is 5.38. The maximum Gasteiger partial charge on any atom is 0.119 e. The molecular weight excluding hydrogens is 232 g/mol. The molecule has 0 heterocycles. The van der Waals surface area contributed by atoms with Gasteiger partial charge in [0.25, 0.3) is 0 Å². The summed E-state index contributed by atoms with van der Waals surface area (Å²) in [6, 6.07) is 8.74. The number of benzene rings is 1. The molecule has 0 radical (unpaired) electrons. The van der Waals surface area contributed by atoms with E-state index < -0.39 is 0 Å². The molecule has 106 valence electrons. The first-order valence-electron chi connectivity index (χ1n) is 8.10. The van der Waals surface area contributed by atoms with E-state index in [-0.39, 0.29) is 0 Å². The van der Waals surface area contributed by atoms with E-state index in [1.165, 1.54) is 63.4 Å². The van der Waals surface area contributed by atoms with E-state index in [9.17, 15) is 0 Å². The first-order chi connectivity index (χ1) is 9.38. The smallest absolute Gasteiger partial charge is 0.119 e. The molecule has 1 saturated carbocycles. The van der Waals surface area contributed by atoms with Gasteiger partial charge in [-0.3, -0.25) is 0 Å². The molecular formula is C18H28O. The van der Waals surface area contributed by atoms with Crippen LogP contribution in [0.5, 0.6) is 5.75 Å². The summed E-state index contributed by atoms with van der Waals surface area (Å²) in [5, 5.41) is 0. The molecule has 0 atom stereocenters. The average Bonchev–Trinajstić information content (AvgIpc) is 2.48. The molecule has 0 saturated heterocycles. The van der Waals surface area contributed by atoms with Gasteiger partial charge >= 0.3 is 0 Å². The van der Waals surface area contributed by atoms with Gasteiger partial charge in [-0.15, -0.1) is 0 Å². The molecule has 1 aliphatic rings. The van der Waals surface area contributed by atoms with Crippen LogP contribution in [0.25, 0.3) is 0 Å². The normalized spacial score (nSPS) is 16.5. The van der Waals surface area contributed by atoms with Crippen molar-refractivity contribution in [2.45, 2.75) is 64.7 Å². The number of aryl methyl sites for hydroxylation is 1. The third-order valence-electron chi connectivity index (χ3n) is 4.20. The van der Waals surface area contributed by atoms with Gasteiger partial charge in [-0.1, -0.05) is 51.2 Å². The van der Waals surface area contributed by atoms with Crippen molar-refractivity contribution in [1.82, 2.24) is 0 Å². The molecule has 1 heteroatoms. The molecule has 19 heavy (non-hydrogen) atoms. The zero-order chi connectivity index (χ0) is 13.3. The van der Waals surface area contributed by atoms with Crippen LogP contribution in [0.1, 0.15) is 63.9 Å². The highest BCUT2D eigenvalue weighted by Crippen LogP contribution is 2.24. The highest BCUT2D eigenvalue weighted by molar-refractivity contribution is 5.27. The van der Waals surface area contributed by atoms with Crippen molar-refractivity contribution in [3.63, 3.8) is 0 Å². The Morgan fingerprint density at radius 2 is 1.74 bits per heavy atom. The maximum absolute atomic E-state index is 5.93. The van der Waals surface area contributed by atoms with Gasteiger partial charge in [0.1, 0.15) is 5.75 Å². The maximum atomic E-state index is 5.93. The summed E-state index contributed by atoms with van der Waals surface area (Å²) in [6.45, 7) is 3.16. The summed E-state index contributed by atoms with van der Waals surface area (Å²) < 4.78 is 5.93. The van der Waals surface area contributed by atoms with Crippen LogP contribution in [0.4, 0.5) is 0 Å². The Morgan fingerprint density at radius 3 is 2.42 bits per heavy atom. The van der Waals surface area contributed by atoms with E-state index in [1.54, 1.807) is 0 Å². The molecule has 0 aromatic heterocycles. The number of ether oxygens (including phenoxy) is 1. The van der Waals surface area contributed by atoms with E-state index in [1.807, 2.05) is 0 Å². The van der Waals surface area contributed by atoms with E-state index in [0.29, 0.717) is 0 Å². The number of rotatable bonds is 7. The monoisotopic (exact) mass is 260 g/mol. The van der Waals surface area contributed by atoms with Crippen molar-refractivity contribution in [2.75, 3.05) is 6.61 Å². The lowest BCUT2D eigenvalue weighted by Crippen LogP contribution is -2.15. The molecule has 1 fully saturated rings. The van der Waals surface area contributed by atoms with Crippen molar-refractivity contribution in [3.05, 3.63) is 29.8 Å². The Bertz CT molecular complexity index is 335. The number of unbranched alkanes of at least 4 members (excludes halogenated alkanes) is 2. The fourth-order valence-electron chi connectivity index (χ4n) is 2.90. The third kappa shape index (κ3) is 5.26. The second-order valence-corrected chi connectivity index (χ2v) is 5.92. The molecule has 1 aromatic rings. The van der Waals surface area contributed by atoms with Gasteiger partial charge in [-0.05, 0) is 49.3 Å². The van der Waals surface area contributed by atoms with Crippen molar-refractivity contribution in [2.24, 2.45) is 5.92 Å². The van der Waals surface area contributed by atoms with Gasteiger partial charge in [0.2, 0.25) is 0 Å². The SMILES string of the molecule is CCCCCc1ccc(OCC2CCCCC2)cc1. The average molecular weight is 260 g/mol. The molecule has 1 aliphatic carbocycles. The van der Waals surface area contributed by atoms with Crippen LogP contribution in [0.3, 0.4) is 0 Å². The predicted molar refractivity (Wildman–Crippen MR) is 81.7 cm³/mol. The fourth-order valence-corrected chi connectivity index (χ4v) is 2.90. The number of hydrogen-bond donors (Lipinski definition) is 0. The van der Waals surface area contributed by atoms with Gasteiger partial charge in [-0.25, -0.2) is 0 Å². The molecule has 0 N–H and O–H groups in total. The zero-order valence-corrected chi connectivity index (χ0v) is 12.4. The van der Waals surface area contributed by atoms with Crippen LogP contribution in [0.2, 0.25) is 0 Å². The lowest BCUT2D eigenvalue weighted by Gasteiger charge is -2.21. The van der Waals surface area contributed by atoms with E-state index in [2.05, 4.69) is 31.2 Å². The Hall–Kier alpha value is -0.980. The molecule has 0 amide bonds. The second-order valence-electron chi connectivity index (χ2n) is 5.92. The second kappa shape index (κ2) is 8.24. The summed E-state index contributed by atoms with van der Waals surface area (Å²) in [5.74, 6) is 1.84. The summed E-state index contributed by atoms with van der Waals surface area (Å²) in [7, 11) is 0. The van der Waals surface area contributed by atoms with E-state index >= 15 is 0 Å². The largest absolute Gasteiger partial charge is 0.493 e. The molecule has 0 spiro atoms. The van der Waals surface area contributed by atoms with Crippen LogP contribution in [-0.2, 0) is 6.42 Å². The van der Waals surface area contributed by atoms with E-state index in [4.69, 9.17) is 4.74 Å². The highest BCUT2D eigenvalue weighted by atomic mass is 16.5. The van der Waals surface area contributed by atoms with E-state index in [0.717, 1.165) is 18.3 Å². The Labute approximate surface area is 118 Å².